The van der Waals surface area contributed by atoms with Crippen LogP contribution in [0.15, 0.2) is 0 Å². The van der Waals surface area contributed by atoms with Crippen LogP contribution in [0.2, 0.25) is 0 Å². The fourth-order valence-electron chi connectivity index (χ4n) is 1.51. The Hall–Kier alpha value is -0.0800. The summed E-state index contributed by atoms with van der Waals surface area (Å²) in [5, 5.41) is 0. The number of hydrogen-bond acceptors (Lipinski definition) is 2. The quantitative estimate of drug-likeness (QED) is 0.603. The van der Waals surface area contributed by atoms with Crippen LogP contribution >= 0.6 is 0 Å². The summed E-state index contributed by atoms with van der Waals surface area (Å²) in [6, 6.07) is 0. The molecule has 0 unspecified atom stereocenters. The van der Waals surface area contributed by atoms with Crippen molar-refractivity contribution in [3.8, 4) is 0 Å². The summed E-state index contributed by atoms with van der Waals surface area (Å²) in [5.41, 5.74) is 5.72. The van der Waals surface area contributed by atoms with Crippen LogP contribution in [-0.2, 0) is 0 Å². The lowest BCUT2D eigenvalue weighted by atomic mass is 10.1. The van der Waals surface area contributed by atoms with E-state index in [1.807, 2.05) is 0 Å². The molecule has 1 aliphatic heterocycles. The standard InChI is InChI=1S/C11H24.C2H6N2/c1-3-5-7-9-11-10-8-6-4-2;1-2-4-3-1/h3-11H2,1-2H3;3-4H,1-2H2. The molecule has 1 heterocycles. The first-order valence-corrected chi connectivity index (χ1v) is 6.87. The minimum atomic E-state index is 1.14. The lowest BCUT2D eigenvalue weighted by Gasteiger charge is -2.13. The lowest BCUT2D eigenvalue weighted by molar-refractivity contribution is 0.423. The summed E-state index contributed by atoms with van der Waals surface area (Å²) in [6.07, 6.45) is 13.0. The third kappa shape index (κ3) is 13.9. The van der Waals surface area contributed by atoms with Gasteiger partial charge in [-0.05, 0) is 0 Å². The second-order valence-corrected chi connectivity index (χ2v) is 4.33. The maximum Gasteiger partial charge on any atom is 0.0239 e. The SMILES string of the molecule is C1CNN1.CCCCCCCCCCC. The van der Waals surface area contributed by atoms with E-state index < -0.39 is 0 Å². The van der Waals surface area contributed by atoms with Gasteiger partial charge in [-0.3, -0.25) is 10.9 Å². The zero-order chi connectivity index (χ0) is 11.2. The number of rotatable bonds is 8. The zero-order valence-electron chi connectivity index (χ0n) is 10.8. The number of unbranched alkanes of at least 4 members (excludes halogenated alkanes) is 8. The van der Waals surface area contributed by atoms with Crippen molar-refractivity contribution in [2.45, 2.75) is 71.6 Å². The molecule has 2 nitrogen and oxygen atoms in total. The molecule has 92 valence electrons. The van der Waals surface area contributed by atoms with E-state index in [4.69, 9.17) is 0 Å². The molecule has 0 aliphatic carbocycles. The Bertz CT molecular complexity index is 88.7. The van der Waals surface area contributed by atoms with E-state index in [-0.39, 0.29) is 0 Å². The van der Waals surface area contributed by atoms with Crippen molar-refractivity contribution in [2.75, 3.05) is 13.1 Å². The van der Waals surface area contributed by atoms with Crippen molar-refractivity contribution >= 4 is 0 Å². The molecule has 0 atom stereocenters. The minimum absolute atomic E-state index is 1.14. The van der Waals surface area contributed by atoms with E-state index >= 15 is 0 Å². The van der Waals surface area contributed by atoms with Gasteiger partial charge in [-0.2, -0.15) is 0 Å². The van der Waals surface area contributed by atoms with Crippen LogP contribution in [0.3, 0.4) is 0 Å². The van der Waals surface area contributed by atoms with Gasteiger partial charge >= 0.3 is 0 Å². The zero-order valence-corrected chi connectivity index (χ0v) is 10.8. The summed E-state index contributed by atoms with van der Waals surface area (Å²) in [7, 11) is 0. The molecule has 1 fully saturated rings. The molecule has 0 aromatic carbocycles. The van der Waals surface area contributed by atoms with Crippen LogP contribution < -0.4 is 10.9 Å². The van der Waals surface area contributed by atoms with Crippen molar-refractivity contribution in [3.63, 3.8) is 0 Å². The van der Waals surface area contributed by atoms with Crippen LogP contribution in [-0.4, -0.2) is 13.1 Å². The van der Waals surface area contributed by atoms with Crippen molar-refractivity contribution in [3.05, 3.63) is 0 Å². The Balaban J connectivity index is 0.000000401. The van der Waals surface area contributed by atoms with Gasteiger partial charge in [-0.1, -0.05) is 71.6 Å². The minimum Gasteiger partial charge on any atom is -0.256 e. The molecule has 2 heteroatoms. The maximum absolute atomic E-state index is 2.86. The van der Waals surface area contributed by atoms with Gasteiger partial charge in [0.25, 0.3) is 0 Å². The second kappa shape index (κ2) is 13.9. The molecular weight excluding hydrogens is 184 g/mol. The molecule has 0 spiro atoms. The van der Waals surface area contributed by atoms with Crippen LogP contribution in [0.25, 0.3) is 0 Å². The van der Waals surface area contributed by atoms with Gasteiger partial charge in [0.15, 0.2) is 0 Å². The molecule has 0 aromatic heterocycles. The summed E-state index contributed by atoms with van der Waals surface area (Å²) in [4.78, 5) is 0. The van der Waals surface area contributed by atoms with Crippen LogP contribution in [0.1, 0.15) is 71.6 Å². The highest BCUT2D eigenvalue weighted by atomic mass is 15.4. The van der Waals surface area contributed by atoms with Gasteiger partial charge in [-0.25, -0.2) is 0 Å². The molecule has 1 rings (SSSR count). The average molecular weight is 214 g/mol. The Kier molecular flexibility index (Phi) is 13.8. The van der Waals surface area contributed by atoms with Crippen LogP contribution in [0, 0.1) is 0 Å². The molecule has 0 amide bonds. The van der Waals surface area contributed by atoms with Crippen molar-refractivity contribution in [1.29, 1.82) is 0 Å². The largest absolute Gasteiger partial charge is 0.256 e. The van der Waals surface area contributed by atoms with Crippen molar-refractivity contribution in [2.24, 2.45) is 0 Å². The van der Waals surface area contributed by atoms with Gasteiger partial charge in [-0.15, -0.1) is 0 Å². The smallest absolute Gasteiger partial charge is 0.0239 e. The van der Waals surface area contributed by atoms with E-state index in [2.05, 4.69) is 24.7 Å². The van der Waals surface area contributed by atoms with Gasteiger partial charge in [0.05, 0.1) is 0 Å². The topological polar surface area (TPSA) is 24.1 Å². The molecule has 2 N–H and O–H groups in total. The summed E-state index contributed by atoms with van der Waals surface area (Å²) in [6.45, 7) is 6.83. The molecule has 1 aliphatic rings. The highest BCUT2D eigenvalue weighted by Gasteiger charge is 1.90. The van der Waals surface area contributed by atoms with E-state index in [9.17, 15) is 0 Å². The highest BCUT2D eigenvalue weighted by Crippen LogP contribution is 2.08. The number of hydrazine groups is 1. The summed E-state index contributed by atoms with van der Waals surface area (Å²) >= 11 is 0. The Morgan fingerprint density at radius 1 is 0.600 bits per heavy atom. The normalized spacial score (nSPS) is 14.0. The molecule has 15 heavy (non-hydrogen) atoms. The first-order valence-electron chi connectivity index (χ1n) is 6.87. The molecule has 0 bridgehead atoms. The summed E-state index contributed by atoms with van der Waals surface area (Å²) < 4.78 is 0. The molecule has 0 saturated carbocycles. The van der Waals surface area contributed by atoms with Gasteiger partial charge < -0.3 is 0 Å². The van der Waals surface area contributed by atoms with E-state index in [0.29, 0.717) is 0 Å². The van der Waals surface area contributed by atoms with Gasteiger partial charge in [0.1, 0.15) is 0 Å². The van der Waals surface area contributed by atoms with Gasteiger partial charge in [0, 0.05) is 13.1 Å². The molecule has 1 saturated heterocycles. The summed E-state index contributed by atoms with van der Waals surface area (Å²) in [5.74, 6) is 0. The average Bonchev–Trinajstić information content (AvgIpc) is 2.14. The van der Waals surface area contributed by atoms with Crippen molar-refractivity contribution < 1.29 is 0 Å². The van der Waals surface area contributed by atoms with Crippen LogP contribution in [0.4, 0.5) is 0 Å². The maximum atomic E-state index is 2.86. The first kappa shape index (κ1) is 14.9. The fraction of sp³-hybridized carbons (Fsp3) is 1.00. The van der Waals surface area contributed by atoms with E-state index in [1.54, 1.807) is 0 Å². The fourth-order valence-corrected chi connectivity index (χ4v) is 1.51. The van der Waals surface area contributed by atoms with Crippen molar-refractivity contribution in [1.82, 2.24) is 10.9 Å². The third-order valence-electron chi connectivity index (χ3n) is 2.71. The lowest BCUT2D eigenvalue weighted by Crippen LogP contribution is -2.49. The predicted octanol–water partition coefficient (Wildman–Crippen LogP) is 3.63. The van der Waals surface area contributed by atoms with E-state index in [1.165, 1.54) is 57.8 Å². The Morgan fingerprint density at radius 3 is 1.07 bits per heavy atom. The third-order valence-corrected chi connectivity index (χ3v) is 2.71. The van der Waals surface area contributed by atoms with Gasteiger partial charge in [0.2, 0.25) is 0 Å². The molecule has 0 radical (unpaired) electrons. The first-order chi connectivity index (χ1) is 7.41. The Labute approximate surface area is 96.2 Å². The van der Waals surface area contributed by atoms with E-state index in [0.717, 1.165) is 13.1 Å². The highest BCUT2D eigenvalue weighted by molar-refractivity contribution is 4.51. The van der Waals surface area contributed by atoms with Crippen LogP contribution in [0.5, 0.6) is 0 Å². The Morgan fingerprint density at radius 2 is 0.867 bits per heavy atom. The predicted molar refractivity (Wildman–Crippen MR) is 68.9 cm³/mol. The number of nitrogens with one attached hydrogen (secondary N) is 2. The second-order valence-electron chi connectivity index (χ2n) is 4.33. The molecular formula is C13H30N2. The number of hydrogen-bond donors (Lipinski definition) is 2. The monoisotopic (exact) mass is 214 g/mol. The molecule has 0 aromatic rings.